The van der Waals surface area contributed by atoms with Crippen molar-refractivity contribution >= 4 is 12.6 Å². The molecule has 1 saturated heterocycles. The molecule has 37 heavy (non-hydrogen) atoms. The third-order valence-electron chi connectivity index (χ3n) is 7.24. The maximum absolute atomic E-state index is 10.3. The Morgan fingerprint density at radius 2 is 1.05 bits per heavy atom. The standard InChI is InChI=1S/C31H26BN3O2/c1-30(2)31(3,4)37-32(36-30)24-17-15-23(16-18-24)29-26(20-34)27(21-11-7-5-8-12-21)25(19-33)28(35-29)22-13-9-6-10-14-22/h5-18H,1-4H3. The molecule has 1 aliphatic rings. The van der Waals surface area contributed by atoms with Crippen LogP contribution in [0.4, 0.5) is 0 Å². The molecule has 0 atom stereocenters. The van der Waals surface area contributed by atoms with E-state index in [1.165, 1.54) is 0 Å². The van der Waals surface area contributed by atoms with E-state index in [4.69, 9.17) is 14.3 Å². The van der Waals surface area contributed by atoms with Crippen LogP contribution in [0.2, 0.25) is 0 Å². The number of nitrogens with zero attached hydrogens (tertiary/aromatic N) is 3. The summed E-state index contributed by atoms with van der Waals surface area (Å²) in [6, 6.07) is 31.6. The first-order chi connectivity index (χ1) is 17.8. The number of pyridine rings is 1. The molecular formula is C31H26BN3O2. The lowest BCUT2D eigenvalue weighted by atomic mass is 9.78. The minimum atomic E-state index is -0.483. The summed E-state index contributed by atoms with van der Waals surface area (Å²) >= 11 is 0. The van der Waals surface area contributed by atoms with Gasteiger partial charge in [0, 0.05) is 16.7 Å². The summed E-state index contributed by atoms with van der Waals surface area (Å²) in [4.78, 5) is 4.91. The summed E-state index contributed by atoms with van der Waals surface area (Å²) in [7, 11) is -0.483. The summed E-state index contributed by atoms with van der Waals surface area (Å²) < 4.78 is 12.4. The van der Waals surface area contributed by atoms with Gasteiger partial charge >= 0.3 is 7.12 Å². The summed E-state index contributed by atoms with van der Waals surface area (Å²) in [6.45, 7) is 8.10. The van der Waals surface area contributed by atoms with E-state index < -0.39 is 18.3 Å². The van der Waals surface area contributed by atoms with Crippen molar-refractivity contribution in [2.45, 2.75) is 38.9 Å². The zero-order chi connectivity index (χ0) is 26.2. The van der Waals surface area contributed by atoms with Gasteiger partial charge in [-0.25, -0.2) is 4.98 Å². The van der Waals surface area contributed by atoms with Crippen molar-refractivity contribution in [2.24, 2.45) is 0 Å². The fraction of sp³-hybridized carbons (Fsp3) is 0.194. The first kappa shape index (κ1) is 24.5. The number of hydrogen-bond acceptors (Lipinski definition) is 5. The third kappa shape index (κ3) is 4.32. The quantitative estimate of drug-likeness (QED) is 0.327. The van der Waals surface area contributed by atoms with E-state index in [0.29, 0.717) is 28.1 Å². The van der Waals surface area contributed by atoms with Crippen molar-refractivity contribution in [2.75, 3.05) is 0 Å². The molecule has 0 bridgehead atoms. The zero-order valence-electron chi connectivity index (χ0n) is 21.3. The first-order valence-electron chi connectivity index (χ1n) is 12.2. The van der Waals surface area contributed by atoms with E-state index in [0.717, 1.165) is 22.2 Å². The Balaban J connectivity index is 1.68. The van der Waals surface area contributed by atoms with Crippen LogP contribution in [-0.2, 0) is 9.31 Å². The molecule has 4 aromatic rings. The van der Waals surface area contributed by atoms with Crippen molar-refractivity contribution in [1.82, 2.24) is 4.98 Å². The van der Waals surface area contributed by atoms with Crippen molar-refractivity contribution in [3.05, 3.63) is 96.1 Å². The van der Waals surface area contributed by atoms with Gasteiger partial charge in [-0.2, -0.15) is 10.5 Å². The van der Waals surface area contributed by atoms with Gasteiger partial charge in [0.05, 0.1) is 33.7 Å². The van der Waals surface area contributed by atoms with Crippen molar-refractivity contribution in [1.29, 1.82) is 10.5 Å². The lowest BCUT2D eigenvalue weighted by Gasteiger charge is -2.32. The second-order valence-corrected chi connectivity index (χ2v) is 10.1. The lowest BCUT2D eigenvalue weighted by Crippen LogP contribution is -2.41. The maximum atomic E-state index is 10.3. The van der Waals surface area contributed by atoms with Gasteiger partial charge < -0.3 is 9.31 Å². The molecule has 1 fully saturated rings. The highest BCUT2D eigenvalue weighted by Crippen LogP contribution is 2.39. The molecule has 5 nitrogen and oxygen atoms in total. The maximum Gasteiger partial charge on any atom is 0.494 e. The highest BCUT2D eigenvalue weighted by Gasteiger charge is 2.51. The van der Waals surface area contributed by atoms with E-state index >= 15 is 0 Å². The molecule has 0 amide bonds. The molecule has 180 valence electrons. The topological polar surface area (TPSA) is 78.9 Å². The first-order valence-corrected chi connectivity index (χ1v) is 12.2. The molecule has 5 rings (SSSR count). The predicted octanol–water partition coefficient (Wildman–Crippen LogP) is 6.13. The largest absolute Gasteiger partial charge is 0.494 e. The number of aromatic nitrogens is 1. The van der Waals surface area contributed by atoms with Crippen LogP contribution in [-0.4, -0.2) is 23.3 Å². The SMILES string of the molecule is CC1(C)OB(c2ccc(-c3nc(-c4ccccc4)c(C#N)c(-c4ccccc4)c3C#N)cc2)OC1(C)C. The molecule has 2 heterocycles. The van der Waals surface area contributed by atoms with E-state index in [1.807, 2.05) is 113 Å². The van der Waals surface area contributed by atoms with Crippen molar-refractivity contribution in [3.63, 3.8) is 0 Å². The number of hydrogen-bond donors (Lipinski definition) is 0. The van der Waals surface area contributed by atoms with Gasteiger partial charge in [0.1, 0.15) is 12.1 Å². The van der Waals surface area contributed by atoms with Gasteiger partial charge in [-0.15, -0.1) is 0 Å². The minimum Gasteiger partial charge on any atom is -0.399 e. The normalized spacial score (nSPS) is 15.7. The van der Waals surface area contributed by atoms with E-state index in [9.17, 15) is 10.5 Å². The van der Waals surface area contributed by atoms with Crippen LogP contribution < -0.4 is 5.46 Å². The Kier molecular flexibility index (Phi) is 6.17. The van der Waals surface area contributed by atoms with Gasteiger partial charge in [-0.3, -0.25) is 0 Å². The fourth-order valence-electron chi connectivity index (χ4n) is 4.49. The van der Waals surface area contributed by atoms with Crippen LogP contribution >= 0.6 is 0 Å². The Morgan fingerprint density at radius 3 is 1.51 bits per heavy atom. The van der Waals surface area contributed by atoms with Gasteiger partial charge in [0.25, 0.3) is 0 Å². The summed E-state index contributed by atoms with van der Waals surface area (Å²) in [5.74, 6) is 0. The molecule has 1 aromatic heterocycles. The third-order valence-corrected chi connectivity index (χ3v) is 7.24. The van der Waals surface area contributed by atoms with Crippen LogP contribution in [0.5, 0.6) is 0 Å². The average molecular weight is 483 g/mol. The molecule has 1 aliphatic heterocycles. The second kappa shape index (κ2) is 9.34. The molecule has 0 N–H and O–H groups in total. The van der Waals surface area contributed by atoms with Crippen LogP contribution in [0.1, 0.15) is 38.8 Å². The van der Waals surface area contributed by atoms with Gasteiger partial charge in [0.2, 0.25) is 0 Å². The predicted molar refractivity (Wildman–Crippen MR) is 146 cm³/mol. The van der Waals surface area contributed by atoms with Crippen molar-refractivity contribution < 1.29 is 9.31 Å². The summed E-state index contributed by atoms with van der Waals surface area (Å²) in [5, 5.41) is 20.5. The average Bonchev–Trinajstić information content (AvgIpc) is 3.14. The monoisotopic (exact) mass is 483 g/mol. The van der Waals surface area contributed by atoms with Crippen LogP contribution in [0.15, 0.2) is 84.9 Å². The highest BCUT2D eigenvalue weighted by molar-refractivity contribution is 6.62. The molecule has 0 radical (unpaired) electrons. The van der Waals surface area contributed by atoms with Gasteiger partial charge in [0.15, 0.2) is 0 Å². The van der Waals surface area contributed by atoms with Crippen LogP contribution in [0, 0.1) is 22.7 Å². The van der Waals surface area contributed by atoms with Crippen LogP contribution in [0.3, 0.4) is 0 Å². The number of nitriles is 2. The molecule has 0 unspecified atom stereocenters. The van der Waals surface area contributed by atoms with Crippen LogP contribution in [0.25, 0.3) is 33.6 Å². The Morgan fingerprint density at radius 1 is 0.622 bits per heavy atom. The lowest BCUT2D eigenvalue weighted by molar-refractivity contribution is 0.00578. The molecule has 0 saturated carbocycles. The Bertz CT molecular complexity index is 1520. The molecule has 3 aromatic carbocycles. The molecule has 0 spiro atoms. The summed E-state index contributed by atoms with van der Waals surface area (Å²) in [6.07, 6.45) is 0. The molecule has 0 aliphatic carbocycles. The Labute approximate surface area is 218 Å². The summed E-state index contributed by atoms with van der Waals surface area (Å²) in [5.41, 5.74) is 4.81. The van der Waals surface area contributed by atoms with Crippen molar-refractivity contribution in [3.8, 4) is 45.8 Å². The van der Waals surface area contributed by atoms with E-state index in [-0.39, 0.29) is 0 Å². The second-order valence-electron chi connectivity index (χ2n) is 10.1. The van der Waals surface area contributed by atoms with E-state index in [2.05, 4.69) is 12.1 Å². The Hall–Kier alpha value is -4.23. The zero-order valence-corrected chi connectivity index (χ0v) is 21.3. The number of rotatable bonds is 4. The fourth-order valence-corrected chi connectivity index (χ4v) is 4.49. The molecular weight excluding hydrogens is 457 g/mol. The highest BCUT2D eigenvalue weighted by atomic mass is 16.7. The smallest absolute Gasteiger partial charge is 0.399 e. The van der Waals surface area contributed by atoms with Gasteiger partial charge in [-0.1, -0.05) is 84.9 Å². The number of benzene rings is 3. The van der Waals surface area contributed by atoms with E-state index in [1.54, 1.807) is 0 Å². The minimum absolute atomic E-state index is 0.366. The molecule has 6 heteroatoms. The van der Waals surface area contributed by atoms with Gasteiger partial charge in [-0.05, 0) is 38.7 Å².